The molecule has 1 N–H and O–H groups in total. The second kappa shape index (κ2) is 20.8. The molecule has 0 aliphatic rings. The Morgan fingerprint density at radius 2 is 1.36 bits per heavy atom. The van der Waals surface area contributed by atoms with Crippen molar-refractivity contribution in [2.75, 3.05) is 24.7 Å². The molecule has 0 aliphatic carbocycles. The van der Waals surface area contributed by atoms with Crippen LogP contribution in [0.2, 0.25) is 0 Å². The first-order valence-corrected chi connectivity index (χ1v) is 9.96. The average molecular weight is 371 g/mol. The molecule has 1 rings (SSSR count). The standard InChI is InChI=1S/C9H12O3S.C2H6O.2C2H6S/c1-2-12-13(10,11)8-9-6-4-3-5-7-9;3*1-2-3/h3-7H,2,8H2,1H3;3*3H,2H2,1H3. The van der Waals surface area contributed by atoms with E-state index in [1.165, 1.54) is 0 Å². The molecule has 132 valence electrons. The summed E-state index contributed by atoms with van der Waals surface area (Å²) in [4.78, 5) is 0. The van der Waals surface area contributed by atoms with E-state index in [2.05, 4.69) is 29.4 Å². The lowest BCUT2D eigenvalue weighted by atomic mass is 10.2. The molecule has 0 saturated heterocycles. The summed E-state index contributed by atoms with van der Waals surface area (Å²) < 4.78 is 27.0. The number of aliphatic hydroxyl groups is 1. The molecule has 0 amide bonds. The normalized spacial score (nSPS) is 9.23. The number of rotatable bonds is 4. The highest BCUT2D eigenvalue weighted by Crippen LogP contribution is 2.06. The fourth-order valence-corrected chi connectivity index (χ4v) is 2.04. The van der Waals surface area contributed by atoms with E-state index in [-0.39, 0.29) is 19.0 Å². The minimum atomic E-state index is -3.38. The van der Waals surface area contributed by atoms with Crippen LogP contribution in [-0.4, -0.2) is 38.2 Å². The number of benzene rings is 1. The van der Waals surface area contributed by atoms with Crippen LogP contribution in [0.5, 0.6) is 0 Å². The quantitative estimate of drug-likeness (QED) is 0.561. The summed E-state index contributed by atoms with van der Waals surface area (Å²) in [7, 11) is -3.38. The maximum Gasteiger partial charge on any atom is 0.271 e. The van der Waals surface area contributed by atoms with Gasteiger partial charge in [0.1, 0.15) is 5.75 Å². The molecule has 1 aromatic rings. The summed E-state index contributed by atoms with van der Waals surface area (Å²) in [5.74, 6) is 1.83. The van der Waals surface area contributed by atoms with Crippen LogP contribution in [0.1, 0.15) is 33.3 Å². The van der Waals surface area contributed by atoms with Crippen LogP contribution in [0.3, 0.4) is 0 Å². The maximum absolute atomic E-state index is 11.2. The van der Waals surface area contributed by atoms with Crippen molar-refractivity contribution in [2.45, 2.75) is 33.4 Å². The molecule has 22 heavy (non-hydrogen) atoms. The van der Waals surface area contributed by atoms with Gasteiger partial charge >= 0.3 is 0 Å². The Morgan fingerprint density at radius 3 is 1.68 bits per heavy atom. The largest absolute Gasteiger partial charge is 0.397 e. The lowest BCUT2D eigenvalue weighted by molar-refractivity contribution is 0.318. The summed E-state index contributed by atoms with van der Waals surface area (Å²) in [5, 5.41) is 7.57. The van der Waals surface area contributed by atoms with Crippen LogP contribution in [0.4, 0.5) is 0 Å². The van der Waals surface area contributed by atoms with E-state index in [1.807, 2.05) is 19.9 Å². The summed E-state index contributed by atoms with van der Waals surface area (Å²) >= 11 is 7.58. The Bertz CT molecular complexity index is 390. The van der Waals surface area contributed by atoms with Crippen molar-refractivity contribution in [3.05, 3.63) is 35.9 Å². The number of hydrogen-bond donors (Lipinski definition) is 3. The van der Waals surface area contributed by atoms with Crippen LogP contribution >= 0.6 is 25.3 Å². The molecular weight excluding hydrogens is 340 g/mol. The second-order valence-corrected chi connectivity index (χ2v) is 6.45. The van der Waals surface area contributed by atoms with Gasteiger partial charge in [-0.3, -0.25) is 4.18 Å². The van der Waals surface area contributed by atoms with Crippen molar-refractivity contribution in [3.63, 3.8) is 0 Å². The Labute approximate surface area is 147 Å². The molecule has 0 aromatic heterocycles. The predicted molar refractivity (Wildman–Crippen MR) is 103 cm³/mol. The van der Waals surface area contributed by atoms with Crippen LogP contribution in [0, 0.1) is 0 Å². The van der Waals surface area contributed by atoms with E-state index in [4.69, 9.17) is 5.11 Å². The number of aliphatic hydroxyl groups excluding tert-OH is 1. The van der Waals surface area contributed by atoms with Crippen molar-refractivity contribution in [2.24, 2.45) is 0 Å². The van der Waals surface area contributed by atoms with Gasteiger partial charge in [-0.05, 0) is 30.9 Å². The molecule has 0 heterocycles. The van der Waals surface area contributed by atoms with Crippen molar-refractivity contribution in [3.8, 4) is 0 Å². The molecule has 7 heteroatoms. The zero-order chi connectivity index (χ0) is 17.9. The molecule has 0 unspecified atom stereocenters. The van der Waals surface area contributed by atoms with E-state index >= 15 is 0 Å². The van der Waals surface area contributed by atoms with E-state index in [1.54, 1.807) is 38.1 Å². The van der Waals surface area contributed by atoms with Gasteiger partial charge in [-0.1, -0.05) is 44.2 Å². The second-order valence-electron chi connectivity index (χ2n) is 3.54. The lowest BCUT2D eigenvalue weighted by Crippen LogP contribution is -2.08. The van der Waals surface area contributed by atoms with Gasteiger partial charge in [0.05, 0.1) is 6.61 Å². The maximum atomic E-state index is 11.2. The molecule has 0 atom stereocenters. The third-order valence-corrected chi connectivity index (χ3v) is 2.77. The fraction of sp³-hybridized carbons (Fsp3) is 0.600. The van der Waals surface area contributed by atoms with Gasteiger partial charge in [-0.25, -0.2) is 0 Å². The summed E-state index contributed by atoms with van der Waals surface area (Å²) in [5.41, 5.74) is 0.746. The van der Waals surface area contributed by atoms with E-state index in [0.717, 1.165) is 17.1 Å². The number of thiol groups is 2. The van der Waals surface area contributed by atoms with E-state index in [9.17, 15) is 8.42 Å². The molecule has 0 saturated carbocycles. The third-order valence-electron chi connectivity index (χ3n) is 1.48. The Hall–Kier alpha value is -0.210. The van der Waals surface area contributed by atoms with Crippen LogP contribution < -0.4 is 0 Å². The zero-order valence-electron chi connectivity index (χ0n) is 13.9. The highest BCUT2D eigenvalue weighted by Gasteiger charge is 2.10. The first kappa shape index (κ1) is 26.7. The lowest BCUT2D eigenvalue weighted by Gasteiger charge is -2.02. The molecule has 4 nitrogen and oxygen atoms in total. The minimum Gasteiger partial charge on any atom is -0.397 e. The molecule has 1 aromatic carbocycles. The van der Waals surface area contributed by atoms with Crippen LogP contribution in [-0.2, 0) is 20.1 Å². The fourth-order valence-electron chi connectivity index (χ4n) is 1.000. The Kier molecular flexibility index (Phi) is 25.2. The molecule has 0 spiro atoms. The molecule has 0 bridgehead atoms. The topological polar surface area (TPSA) is 63.6 Å². The van der Waals surface area contributed by atoms with Gasteiger partial charge in [0.15, 0.2) is 0 Å². The zero-order valence-corrected chi connectivity index (χ0v) is 16.5. The van der Waals surface area contributed by atoms with E-state index in [0.29, 0.717) is 0 Å². The molecule has 0 aliphatic heterocycles. The Balaban J connectivity index is -0.000000334. The summed E-state index contributed by atoms with van der Waals surface area (Å²) in [6, 6.07) is 8.97. The van der Waals surface area contributed by atoms with Gasteiger partial charge in [0, 0.05) is 6.61 Å². The number of hydrogen-bond acceptors (Lipinski definition) is 6. The highest BCUT2D eigenvalue weighted by atomic mass is 32.2. The van der Waals surface area contributed by atoms with Crippen LogP contribution in [0.15, 0.2) is 30.3 Å². The highest BCUT2D eigenvalue weighted by molar-refractivity contribution is 7.85. The average Bonchev–Trinajstić information content (AvgIpc) is 2.41. The van der Waals surface area contributed by atoms with Crippen molar-refractivity contribution in [1.29, 1.82) is 0 Å². The first-order chi connectivity index (χ1) is 10.4. The molecular formula is C15H30O4S3. The van der Waals surface area contributed by atoms with Gasteiger partial charge in [-0.15, -0.1) is 0 Å². The van der Waals surface area contributed by atoms with E-state index < -0.39 is 10.1 Å². The summed E-state index contributed by atoms with van der Waals surface area (Å²) in [6.07, 6.45) is 0. The van der Waals surface area contributed by atoms with Gasteiger partial charge < -0.3 is 5.11 Å². The van der Waals surface area contributed by atoms with Gasteiger partial charge in [-0.2, -0.15) is 33.7 Å². The summed E-state index contributed by atoms with van der Waals surface area (Å²) in [6.45, 7) is 7.75. The Morgan fingerprint density at radius 1 is 1.00 bits per heavy atom. The van der Waals surface area contributed by atoms with Crippen LogP contribution in [0.25, 0.3) is 0 Å². The van der Waals surface area contributed by atoms with Crippen molar-refractivity contribution >= 4 is 35.4 Å². The minimum absolute atomic E-state index is 0.0539. The van der Waals surface area contributed by atoms with Crippen molar-refractivity contribution < 1.29 is 17.7 Å². The third kappa shape index (κ3) is 24.8. The molecule has 0 fully saturated rings. The first-order valence-electron chi connectivity index (χ1n) is 7.12. The van der Waals surface area contributed by atoms with Gasteiger partial charge in [0.2, 0.25) is 0 Å². The van der Waals surface area contributed by atoms with Crippen molar-refractivity contribution in [1.82, 2.24) is 0 Å². The monoisotopic (exact) mass is 370 g/mol. The predicted octanol–water partition coefficient (Wildman–Crippen LogP) is 3.42. The van der Waals surface area contributed by atoms with Gasteiger partial charge in [0.25, 0.3) is 10.1 Å². The molecule has 0 radical (unpaired) electrons. The SMILES string of the molecule is CCO.CCOS(=O)(=O)Cc1ccccc1.CCS.CCS. The smallest absolute Gasteiger partial charge is 0.271 e.